The summed E-state index contributed by atoms with van der Waals surface area (Å²) in [4.78, 5) is 12.0. The fourth-order valence-electron chi connectivity index (χ4n) is 2.08. The third-order valence-electron chi connectivity index (χ3n) is 3.17. The standard InChI is InChI=1S/C18H21N3O3/c1-3-23-14-10-9-13(17(11-14)24-4-2)12-20-21-18(22)15-7-5-6-8-16(15)19/h5-12H,3-4,19H2,1-2H3,(H,21,22)/b20-12+. The van der Waals surface area contributed by atoms with E-state index in [9.17, 15) is 4.79 Å². The van der Waals surface area contributed by atoms with Crippen LogP contribution in [0.2, 0.25) is 0 Å². The van der Waals surface area contributed by atoms with E-state index < -0.39 is 0 Å². The Morgan fingerprint density at radius 3 is 2.62 bits per heavy atom. The zero-order valence-corrected chi connectivity index (χ0v) is 13.8. The van der Waals surface area contributed by atoms with Crippen molar-refractivity contribution >= 4 is 17.8 Å². The molecule has 2 aromatic carbocycles. The molecule has 1 amide bonds. The van der Waals surface area contributed by atoms with E-state index in [4.69, 9.17) is 15.2 Å². The molecular weight excluding hydrogens is 306 g/mol. The van der Waals surface area contributed by atoms with Gasteiger partial charge in [-0.2, -0.15) is 5.10 Å². The highest BCUT2D eigenvalue weighted by molar-refractivity contribution is 5.99. The highest BCUT2D eigenvalue weighted by Gasteiger charge is 2.08. The molecule has 3 N–H and O–H groups in total. The number of hydrogen-bond donors (Lipinski definition) is 2. The van der Waals surface area contributed by atoms with Crippen molar-refractivity contribution in [2.75, 3.05) is 18.9 Å². The number of ether oxygens (including phenoxy) is 2. The Morgan fingerprint density at radius 2 is 1.92 bits per heavy atom. The van der Waals surface area contributed by atoms with E-state index in [-0.39, 0.29) is 5.91 Å². The van der Waals surface area contributed by atoms with Gasteiger partial charge in [0.1, 0.15) is 11.5 Å². The molecule has 0 saturated carbocycles. The first-order valence-corrected chi connectivity index (χ1v) is 7.73. The van der Waals surface area contributed by atoms with E-state index in [0.717, 1.165) is 11.3 Å². The van der Waals surface area contributed by atoms with Gasteiger partial charge in [-0.15, -0.1) is 0 Å². The van der Waals surface area contributed by atoms with Gasteiger partial charge in [0.25, 0.3) is 5.91 Å². The van der Waals surface area contributed by atoms with Gasteiger partial charge in [-0.1, -0.05) is 12.1 Å². The lowest BCUT2D eigenvalue weighted by atomic mass is 10.2. The number of nitrogen functional groups attached to an aromatic ring is 1. The molecule has 0 aliphatic heterocycles. The molecule has 0 aliphatic rings. The molecule has 24 heavy (non-hydrogen) atoms. The minimum Gasteiger partial charge on any atom is -0.494 e. The average Bonchev–Trinajstić information content (AvgIpc) is 2.57. The van der Waals surface area contributed by atoms with Crippen LogP contribution in [0.1, 0.15) is 29.8 Å². The van der Waals surface area contributed by atoms with Gasteiger partial charge in [-0.05, 0) is 38.1 Å². The van der Waals surface area contributed by atoms with E-state index in [2.05, 4.69) is 10.5 Å². The number of carbonyl (C=O) groups excluding carboxylic acids is 1. The summed E-state index contributed by atoms with van der Waals surface area (Å²) in [5, 5.41) is 3.98. The summed E-state index contributed by atoms with van der Waals surface area (Å²) in [6.07, 6.45) is 1.53. The number of anilines is 1. The van der Waals surface area contributed by atoms with Gasteiger partial charge in [0.2, 0.25) is 0 Å². The molecule has 0 unspecified atom stereocenters. The predicted molar refractivity (Wildman–Crippen MR) is 94.7 cm³/mol. The quantitative estimate of drug-likeness (QED) is 0.465. The number of hydrazone groups is 1. The first kappa shape index (κ1) is 17.3. The molecule has 2 aromatic rings. The van der Waals surface area contributed by atoms with Gasteiger partial charge < -0.3 is 15.2 Å². The largest absolute Gasteiger partial charge is 0.494 e. The number of para-hydroxylation sites is 1. The van der Waals surface area contributed by atoms with Crippen molar-refractivity contribution in [3.63, 3.8) is 0 Å². The van der Waals surface area contributed by atoms with Gasteiger partial charge in [0.05, 0.1) is 25.0 Å². The fourth-order valence-corrected chi connectivity index (χ4v) is 2.08. The monoisotopic (exact) mass is 327 g/mol. The van der Waals surface area contributed by atoms with E-state index in [1.54, 1.807) is 30.3 Å². The third-order valence-corrected chi connectivity index (χ3v) is 3.17. The van der Waals surface area contributed by atoms with Crippen LogP contribution in [-0.2, 0) is 0 Å². The second-order valence-corrected chi connectivity index (χ2v) is 4.85. The van der Waals surface area contributed by atoms with Crippen molar-refractivity contribution in [3.8, 4) is 11.5 Å². The minimum atomic E-state index is -0.367. The molecule has 0 bridgehead atoms. The van der Waals surface area contributed by atoms with Crippen molar-refractivity contribution in [1.29, 1.82) is 0 Å². The smallest absolute Gasteiger partial charge is 0.273 e. The molecule has 0 saturated heterocycles. The van der Waals surface area contributed by atoms with Crippen molar-refractivity contribution in [1.82, 2.24) is 5.43 Å². The highest BCUT2D eigenvalue weighted by Crippen LogP contribution is 2.24. The summed E-state index contributed by atoms with van der Waals surface area (Å²) >= 11 is 0. The number of nitrogens with two attached hydrogens (primary N) is 1. The van der Waals surface area contributed by atoms with E-state index >= 15 is 0 Å². The van der Waals surface area contributed by atoms with Crippen molar-refractivity contribution in [2.45, 2.75) is 13.8 Å². The second-order valence-electron chi connectivity index (χ2n) is 4.85. The number of nitrogens with zero attached hydrogens (tertiary/aromatic N) is 1. The Bertz CT molecular complexity index is 729. The van der Waals surface area contributed by atoms with Gasteiger partial charge >= 0.3 is 0 Å². The van der Waals surface area contributed by atoms with Crippen LogP contribution in [0.3, 0.4) is 0 Å². The number of nitrogens with one attached hydrogen (secondary N) is 1. The van der Waals surface area contributed by atoms with Crippen LogP contribution in [-0.4, -0.2) is 25.3 Å². The maximum Gasteiger partial charge on any atom is 0.273 e. The summed E-state index contributed by atoms with van der Waals surface area (Å²) in [5.41, 5.74) is 9.75. The Kier molecular flexibility index (Phi) is 6.19. The lowest BCUT2D eigenvalue weighted by Gasteiger charge is -2.10. The summed E-state index contributed by atoms with van der Waals surface area (Å²) in [6.45, 7) is 4.91. The van der Waals surface area contributed by atoms with Crippen LogP contribution < -0.4 is 20.6 Å². The van der Waals surface area contributed by atoms with E-state index in [0.29, 0.717) is 30.2 Å². The topological polar surface area (TPSA) is 85.9 Å². The molecule has 2 rings (SSSR count). The fraction of sp³-hybridized carbons (Fsp3) is 0.222. The number of amides is 1. The number of rotatable bonds is 7. The van der Waals surface area contributed by atoms with Gasteiger partial charge in [0, 0.05) is 17.3 Å². The zero-order valence-electron chi connectivity index (χ0n) is 13.8. The summed E-state index contributed by atoms with van der Waals surface area (Å²) in [6, 6.07) is 12.3. The van der Waals surface area contributed by atoms with E-state index in [1.165, 1.54) is 6.21 Å². The zero-order chi connectivity index (χ0) is 17.4. The first-order valence-electron chi connectivity index (χ1n) is 7.73. The Hall–Kier alpha value is -3.02. The Balaban J connectivity index is 2.10. The number of carbonyl (C=O) groups is 1. The van der Waals surface area contributed by atoms with Crippen molar-refractivity contribution in [2.24, 2.45) is 5.10 Å². The minimum absolute atomic E-state index is 0.367. The predicted octanol–water partition coefficient (Wildman–Crippen LogP) is 2.83. The Labute approximate surface area is 141 Å². The SMILES string of the molecule is CCOc1ccc(/C=N/NC(=O)c2ccccc2N)c(OCC)c1. The maximum absolute atomic E-state index is 12.0. The van der Waals surface area contributed by atoms with Crippen LogP contribution in [0.25, 0.3) is 0 Å². The molecule has 126 valence electrons. The third kappa shape index (κ3) is 4.49. The van der Waals surface area contributed by atoms with Crippen LogP contribution >= 0.6 is 0 Å². The first-order chi connectivity index (χ1) is 11.7. The van der Waals surface area contributed by atoms with Gasteiger partial charge in [-0.25, -0.2) is 5.43 Å². The molecule has 0 heterocycles. The second kappa shape index (κ2) is 8.57. The lowest BCUT2D eigenvalue weighted by Crippen LogP contribution is -2.19. The summed E-state index contributed by atoms with van der Waals surface area (Å²) in [5.74, 6) is 0.994. The molecule has 6 heteroatoms. The summed E-state index contributed by atoms with van der Waals surface area (Å²) in [7, 11) is 0. The Morgan fingerprint density at radius 1 is 1.17 bits per heavy atom. The van der Waals surface area contributed by atoms with Gasteiger partial charge in [-0.3, -0.25) is 4.79 Å². The van der Waals surface area contributed by atoms with Crippen LogP contribution in [0.5, 0.6) is 11.5 Å². The maximum atomic E-state index is 12.0. The van der Waals surface area contributed by atoms with Crippen LogP contribution in [0, 0.1) is 0 Å². The van der Waals surface area contributed by atoms with Crippen molar-refractivity contribution in [3.05, 3.63) is 53.6 Å². The molecule has 0 aliphatic carbocycles. The average molecular weight is 327 g/mol. The number of benzene rings is 2. The van der Waals surface area contributed by atoms with Crippen molar-refractivity contribution < 1.29 is 14.3 Å². The number of hydrogen-bond acceptors (Lipinski definition) is 5. The summed E-state index contributed by atoms with van der Waals surface area (Å²) < 4.78 is 11.0. The lowest BCUT2D eigenvalue weighted by molar-refractivity contribution is 0.0956. The van der Waals surface area contributed by atoms with Gasteiger partial charge in [0.15, 0.2) is 0 Å². The molecule has 0 atom stereocenters. The highest BCUT2D eigenvalue weighted by atomic mass is 16.5. The van der Waals surface area contributed by atoms with Crippen LogP contribution in [0.4, 0.5) is 5.69 Å². The molecule has 0 spiro atoms. The molecule has 0 aromatic heterocycles. The molecule has 0 fully saturated rings. The van der Waals surface area contributed by atoms with Crippen LogP contribution in [0.15, 0.2) is 47.6 Å². The normalized spacial score (nSPS) is 10.6. The molecule has 6 nitrogen and oxygen atoms in total. The molecular formula is C18H21N3O3. The van der Waals surface area contributed by atoms with E-state index in [1.807, 2.05) is 26.0 Å². The molecule has 0 radical (unpaired) electrons.